The van der Waals surface area contributed by atoms with E-state index in [0.717, 1.165) is 56.0 Å². The number of aryl methyl sites for hydroxylation is 1. The molecule has 2 atom stereocenters. The molecule has 2 unspecified atom stereocenters. The Hall–Kier alpha value is -1.82. The zero-order valence-electron chi connectivity index (χ0n) is 16.5. The molecule has 1 aliphatic heterocycles. The standard InChI is InChI=1S/C20H33N5O/c1-13-11-24(12-14(2)25(13)16(4)26)20-10-9-19(15(3)22-20)23-18-7-5-17(21)6-8-18/h9-10,13-14,17-18,23H,5-8,11-12,21H2,1-4H3. The van der Waals surface area contributed by atoms with Crippen LogP contribution in [0.5, 0.6) is 0 Å². The summed E-state index contributed by atoms with van der Waals surface area (Å²) in [6, 6.07) is 5.52. The molecule has 6 heteroatoms. The number of carbonyl (C=O) groups is 1. The van der Waals surface area contributed by atoms with Crippen molar-refractivity contribution in [3.8, 4) is 0 Å². The second-order valence-electron chi connectivity index (χ2n) is 8.09. The van der Waals surface area contributed by atoms with Crippen molar-refractivity contribution < 1.29 is 4.79 Å². The van der Waals surface area contributed by atoms with E-state index in [1.165, 1.54) is 0 Å². The smallest absolute Gasteiger partial charge is 0.220 e. The van der Waals surface area contributed by atoms with Gasteiger partial charge in [-0.05, 0) is 58.6 Å². The lowest BCUT2D eigenvalue weighted by Crippen LogP contribution is -2.58. The molecule has 0 aromatic carbocycles. The molecule has 3 rings (SSSR count). The molecule has 1 saturated heterocycles. The molecule has 0 spiro atoms. The monoisotopic (exact) mass is 359 g/mol. The fourth-order valence-corrected chi connectivity index (χ4v) is 4.49. The summed E-state index contributed by atoms with van der Waals surface area (Å²) in [6.45, 7) is 9.59. The highest BCUT2D eigenvalue weighted by atomic mass is 16.2. The number of nitrogens with zero attached hydrogens (tertiary/aromatic N) is 3. The number of anilines is 2. The van der Waals surface area contributed by atoms with Crippen LogP contribution in [0, 0.1) is 6.92 Å². The minimum atomic E-state index is 0.153. The average molecular weight is 360 g/mol. The maximum Gasteiger partial charge on any atom is 0.220 e. The Kier molecular flexibility index (Phi) is 5.70. The predicted octanol–water partition coefficient (Wildman–Crippen LogP) is 2.52. The highest BCUT2D eigenvalue weighted by molar-refractivity contribution is 5.74. The third-order valence-corrected chi connectivity index (χ3v) is 5.81. The van der Waals surface area contributed by atoms with Crippen LogP contribution in [0.1, 0.15) is 52.1 Å². The summed E-state index contributed by atoms with van der Waals surface area (Å²) in [7, 11) is 0. The van der Waals surface area contributed by atoms with E-state index in [1.807, 2.05) is 4.90 Å². The first-order valence-corrected chi connectivity index (χ1v) is 9.88. The summed E-state index contributed by atoms with van der Waals surface area (Å²) in [4.78, 5) is 21.0. The lowest BCUT2D eigenvalue weighted by atomic mass is 9.91. The van der Waals surface area contributed by atoms with Gasteiger partial charge in [-0.3, -0.25) is 4.79 Å². The molecule has 0 bridgehead atoms. The maximum atomic E-state index is 11.8. The van der Waals surface area contributed by atoms with Gasteiger partial charge in [0.15, 0.2) is 0 Å². The second-order valence-corrected chi connectivity index (χ2v) is 8.09. The van der Waals surface area contributed by atoms with E-state index in [9.17, 15) is 4.79 Å². The molecule has 144 valence electrons. The summed E-state index contributed by atoms with van der Waals surface area (Å²) in [5.41, 5.74) is 8.16. The van der Waals surface area contributed by atoms with Crippen LogP contribution in [-0.2, 0) is 4.79 Å². The number of piperazine rings is 1. The third kappa shape index (κ3) is 4.11. The van der Waals surface area contributed by atoms with Gasteiger partial charge in [0.25, 0.3) is 0 Å². The first-order chi connectivity index (χ1) is 12.3. The Balaban J connectivity index is 1.67. The van der Waals surface area contributed by atoms with Gasteiger partial charge in [0, 0.05) is 44.2 Å². The van der Waals surface area contributed by atoms with Gasteiger partial charge in [0.2, 0.25) is 5.91 Å². The normalized spacial score (nSPS) is 29.6. The largest absolute Gasteiger partial charge is 0.381 e. The van der Waals surface area contributed by atoms with Crippen molar-refractivity contribution in [1.82, 2.24) is 9.88 Å². The summed E-state index contributed by atoms with van der Waals surface area (Å²) in [6.07, 6.45) is 4.45. The van der Waals surface area contributed by atoms with E-state index in [0.29, 0.717) is 12.1 Å². The van der Waals surface area contributed by atoms with Gasteiger partial charge in [-0.15, -0.1) is 0 Å². The number of hydrogen-bond donors (Lipinski definition) is 2. The van der Waals surface area contributed by atoms with Crippen LogP contribution in [-0.4, -0.2) is 53.0 Å². The van der Waals surface area contributed by atoms with Crippen LogP contribution >= 0.6 is 0 Å². The topological polar surface area (TPSA) is 74.5 Å². The van der Waals surface area contributed by atoms with Gasteiger partial charge in [0.05, 0.1) is 11.4 Å². The molecule has 2 fully saturated rings. The Bertz CT molecular complexity index is 629. The van der Waals surface area contributed by atoms with Crippen LogP contribution in [0.25, 0.3) is 0 Å². The third-order valence-electron chi connectivity index (χ3n) is 5.81. The first kappa shape index (κ1) is 19.0. The van der Waals surface area contributed by atoms with Crippen LogP contribution in [0.4, 0.5) is 11.5 Å². The molecule has 1 aromatic heterocycles. The molecule has 1 aliphatic carbocycles. The fourth-order valence-electron chi connectivity index (χ4n) is 4.49. The molecule has 3 N–H and O–H groups in total. The van der Waals surface area contributed by atoms with Crippen molar-refractivity contribution in [2.45, 2.75) is 77.5 Å². The van der Waals surface area contributed by atoms with Crippen molar-refractivity contribution >= 4 is 17.4 Å². The van der Waals surface area contributed by atoms with Crippen LogP contribution in [0.15, 0.2) is 12.1 Å². The first-order valence-electron chi connectivity index (χ1n) is 9.88. The quantitative estimate of drug-likeness (QED) is 0.867. The number of aromatic nitrogens is 1. The van der Waals surface area contributed by atoms with E-state index >= 15 is 0 Å². The Morgan fingerprint density at radius 1 is 1.15 bits per heavy atom. The molecule has 2 heterocycles. The molecule has 1 aromatic rings. The molecule has 1 amide bonds. The number of hydrogen-bond acceptors (Lipinski definition) is 5. The van der Waals surface area contributed by atoms with Crippen molar-refractivity contribution in [2.24, 2.45) is 5.73 Å². The Morgan fingerprint density at radius 3 is 2.31 bits per heavy atom. The van der Waals surface area contributed by atoms with Gasteiger partial charge >= 0.3 is 0 Å². The summed E-state index contributed by atoms with van der Waals surface area (Å²) in [5, 5.41) is 3.65. The van der Waals surface area contributed by atoms with Crippen LogP contribution in [0.2, 0.25) is 0 Å². The lowest BCUT2D eigenvalue weighted by molar-refractivity contribution is -0.133. The maximum absolute atomic E-state index is 11.8. The van der Waals surface area contributed by atoms with Gasteiger partial charge in [0.1, 0.15) is 5.82 Å². The van der Waals surface area contributed by atoms with Crippen molar-refractivity contribution in [3.05, 3.63) is 17.8 Å². The van der Waals surface area contributed by atoms with Crippen molar-refractivity contribution in [3.63, 3.8) is 0 Å². The molecule has 6 nitrogen and oxygen atoms in total. The lowest BCUT2D eigenvalue weighted by Gasteiger charge is -2.44. The van der Waals surface area contributed by atoms with Crippen LogP contribution < -0.4 is 16.0 Å². The molecule has 26 heavy (non-hydrogen) atoms. The second kappa shape index (κ2) is 7.82. The summed E-state index contributed by atoms with van der Waals surface area (Å²) < 4.78 is 0. The van der Waals surface area contributed by atoms with Gasteiger partial charge in [-0.25, -0.2) is 4.98 Å². The number of pyridine rings is 1. The van der Waals surface area contributed by atoms with Gasteiger partial charge in [-0.2, -0.15) is 0 Å². The molecule has 1 saturated carbocycles. The zero-order valence-corrected chi connectivity index (χ0v) is 16.5. The predicted molar refractivity (Wildman–Crippen MR) is 106 cm³/mol. The molecular formula is C20H33N5O. The van der Waals surface area contributed by atoms with Crippen molar-refractivity contribution in [1.29, 1.82) is 0 Å². The van der Waals surface area contributed by atoms with Crippen molar-refractivity contribution in [2.75, 3.05) is 23.3 Å². The highest BCUT2D eigenvalue weighted by Crippen LogP contribution is 2.26. The van der Waals surface area contributed by atoms with Gasteiger partial charge in [-0.1, -0.05) is 0 Å². The number of rotatable bonds is 3. The summed E-state index contributed by atoms with van der Waals surface area (Å²) >= 11 is 0. The number of nitrogens with one attached hydrogen (secondary N) is 1. The van der Waals surface area contributed by atoms with Gasteiger partial charge < -0.3 is 20.9 Å². The Labute approximate surface area is 157 Å². The molecule has 2 aliphatic rings. The van der Waals surface area contributed by atoms with E-state index in [4.69, 9.17) is 10.7 Å². The number of amides is 1. The number of nitrogens with two attached hydrogens (primary N) is 1. The zero-order chi connectivity index (χ0) is 18.8. The van der Waals surface area contributed by atoms with E-state index in [2.05, 4.69) is 43.1 Å². The summed E-state index contributed by atoms with van der Waals surface area (Å²) in [5.74, 6) is 1.15. The minimum Gasteiger partial charge on any atom is -0.381 e. The van der Waals surface area contributed by atoms with E-state index in [1.54, 1.807) is 6.92 Å². The average Bonchev–Trinajstić information content (AvgIpc) is 2.57. The van der Waals surface area contributed by atoms with E-state index in [-0.39, 0.29) is 18.0 Å². The highest BCUT2D eigenvalue weighted by Gasteiger charge is 2.31. The minimum absolute atomic E-state index is 0.153. The SMILES string of the molecule is CC(=O)N1C(C)CN(c2ccc(NC3CCC(N)CC3)c(C)n2)CC1C. The molecular weight excluding hydrogens is 326 g/mol. The Morgan fingerprint density at radius 2 is 1.77 bits per heavy atom. The van der Waals surface area contributed by atoms with Crippen LogP contribution in [0.3, 0.4) is 0 Å². The molecule has 0 radical (unpaired) electrons. The fraction of sp³-hybridized carbons (Fsp3) is 0.700. The number of carbonyl (C=O) groups excluding carboxylic acids is 1. The van der Waals surface area contributed by atoms with E-state index < -0.39 is 0 Å².